The van der Waals surface area contributed by atoms with Crippen molar-refractivity contribution < 1.29 is 35.4 Å². The average molecular weight is 194 g/mol. The van der Waals surface area contributed by atoms with Gasteiger partial charge in [-0.05, 0) is 0 Å². The van der Waals surface area contributed by atoms with Gasteiger partial charge in [0, 0.05) is 0 Å². The van der Waals surface area contributed by atoms with Crippen LogP contribution in [0.25, 0.3) is 0 Å². The summed E-state index contributed by atoms with van der Waals surface area (Å²) in [7, 11) is 0. The predicted octanol–water partition coefficient (Wildman–Crippen LogP) is -1.89. The quantitative estimate of drug-likeness (QED) is 0.227. The molecule has 2 atom stereocenters. The molecule has 0 radical (unpaired) electrons. The van der Waals surface area contributed by atoms with E-state index in [2.05, 4.69) is 0 Å². The molecule has 0 saturated carbocycles. The molecule has 0 aliphatic heterocycles. The highest BCUT2D eigenvalue weighted by Gasteiger charge is 2.25. The fourth-order valence-electron chi connectivity index (χ4n) is 0.532. The van der Waals surface area contributed by atoms with Crippen molar-refractivity contribution >= 4 is 5.97 Å². The first kappa shape index (κ1) is 11.7. The summed E-state index contributed by atoms with van der Waals surface area (Å²) in [5, 5.41) is 51.4. The van der Waals surface area contributed by atoms with Gasteiger partial charge in [-0.25, -0.2) is 4.79 Å². The monoisotopic (exact) mass is 194 g/mol. The molecule has 0 saturated heterocycles. The first-order valence-electron chi connectivity index (χ1n) is 3.24. The van der Waals surface area contributed by atoms with Crippen LogP contribution in [-0.4, -0.2) is 55.4 Å². The van der Waals surface area contributed by atoms with E-state index in [1.54, 1.807) is 0 Å². The largest absolute Gasteiger partial charge is 0.506 e. The molecule has 6 N–H and O–H groups in total. The summed E-state index contributed by atoms with van der Waals surface area (Å²) in [6.45, 7) is -0.877. The summed E-state index contributed by atoms with van der Waals surface area (Å²) in [6, 6.07) is 0. The topological polar surface area (TPSA) is 138 Å². The molecule has 0 aliphatic carbocycles. The molecule has 0 unspecified atom stereocenters. The number of aliphatic hydroxyl groups excluding tert-OH is 5. The Morgan fingerprint density at radius 2 is 1.62 bits per heavy atom. The zero-order chi connectivity index (χ0) is 10.6. The van der Waals surface area contributed by atoms with Gasteiger partial charge in [0.1, 0.15) is 12.2 Å². The number of aliphatic hydroxyl groups is 5. The Morgan fingerprint density at radius 3 is 1.92 bits per heavy atom. The van der Waals surface area contributed by atoms with E-state index in [-0.39, 0.29) is 0 Å². The number of rotatable bonds is 4. The van der Waals surface area contributed by atoms with Crippen molar-refractivity contribution in [3.05, 3.63) is 11.5 Å². The molecule has 0 heterocycles. The van der Waals surface area contributed by atoms with Crippen LogP contribution in [0.4, 0.5) is 0 Å². The van der Waals surface area contributed by atoms with E-state index in [1.807, 2.05) is 0 Å². The molecule has 0 spiro atoms. The first-order chi connectivity index (χ1) is 5.91. The minimum absolute atomic E-state index is 0.877. The van der Waals surface area contributed by atoms with Crippen LogP contribution in [0.3, 0.4) is 0 Å². The Bertz CT molecular complexity index is 221. The second-order valence-electron chi connectivity index (χ2n) is 2.23. The van der Waals surface area contributed by atoms with Gasteiger partial charge < -0.3 is 30.6 Å². The Labute approximate surface area is 72.8 Å². The van der Waals surface area contributed by atoms with Crippen LogP contribution in [0.15, 0.2) is 11.5 Å². The van der Waals surface area contributed by atoms with E-state index in [1.165, 1.54) is 0 Å². The van der Waals surface area contributed by atoms with Gasteiger partial charge in [0.05, 0.1) is 6.61 Å². The van der Waals surface area contributed by atoms with Crippen LogP contribution < -0.4 is 0 Å². The Balaban J connectivity index is 4.66. The maximum atomic E-state index is 10.0. The Kier molecular flexibility index (Phi) is 4.18. The normalized spacial score (nSPS) is 17.5. The van der Waals surface area contributed by atoms with E-state index in [0.29, 0.717) is 0 Å². The Hall–Kier alpha value is -1.31. The zero-order valence-corrected chi connectivity index (χ0v) is 6.45. The van der Waals surface area contributed by atoms with E-state index >= 15 is 0 Å². The smallest absolute Gasteiger partial charge is 0.374 e. The standard InChI is InChI=1S/C6H10O7/c7-1-2(8)3(9)4(10)5(11)6(12)13/h2-3,7-11H,1H2,(H,12,13)/b5-4+/t2-,3-/m1/s1. The minimum Gasteiger partial charge on any atom is -0.506 e. The SMILES string of the molecule is O=C(O)/C(O)=C(\O)[C@H](O)[C@H](O)CO. The van der Waals surface area contributed by atoms with Crippen LogP contribution >= 0.6 is 0 Å². The highest BCUT2D eigenvalue weighted by molar-refractivity contribution is 5.84. The summed E-state index contributed by atoms with van der Waals surface area (Å²) in [6.07, 6.45) is -3.78. The van der Waals surface area contributed by atoms with E-state index in [4.69, 9.17) is 30.6 Å². The predicted molar refractivity (Wildman–Crippen MR) is 39.0 cm³/mol. The molecule has 0 bridgehead atoms. The second kappa shape index (κ2) is 4.65. The van der Waals surface area contributed by atoms with Gasteiger partial charge in [-0.2, -0.15) is 0 Å². The summed E-state index contributed by atoms with van der Waals surface area (Å²) < 4.78 is 0. The number of carboxylic acid groups (broad SMARTS) is 1. The van der Waals surface area contributed by atoms with Gasteiger partial charge in [0.15, 0.2) is 5.76 Å². The molecular formula is C6H10O7. The van der Waals surface area contributed by atoms with E-state index in [0.717, 1.165) is 0 Å². The molecule has 7 nitrogen and oxygen atoms in total. The maximum absolute atomic E-state index is 10.0. The van der Waals surface area contributed by atoms with Crippen molar-refractivity contribution in [1.29, 1.82) is 0 Å². The van der Waals surface area contributed by atoms with E-state index in [9.17, 15) is 4.79 Å². The molecule has 0 aromatic heterocycles. The van der Waals surface area contributed by atoms with Crippen molar-refractivity contribution in [2.24, 2.45) is 0 Å². The van der Waals surface area contributed by atoms with E-state index < -0.39 is 36.3 Å². The third-order valence-electron chi connectivity index (χ3n) is 1.28. The molecule has 13 heavy (non-hydrogen) atoms. The summed E-state index contributed by atoms with van der Waals surface area (Å²) in [5.41, 5.74) is 0. The van der Waals surface area contributed by atoms with Crippen molar-refractivity contribution in [3.63, 3.8) is 0 Å². The van der Waals surface area contributed by atoms with Gasteiger partial charge >= 0.3 is 5.97 Å². The molecule has 0 amide bonds. The van der Waals surface area contributed by atoms with Crippen LogP contribution in [0.5, 0.6) is 0 Å². The molecule has 76 valence electrons. The second-order valence-corrected chi connectivity index (χ2v) is 2.23. The van der Waals surface area contributed by atoms with Crippen LogP contribution in [-0.2, 0) is 4.79 Å². The van der Waals surface area contributed by atoms with Gasteiger partial charge in [-0.15, -0.1) is 0 Å². The summed E-state index contributed by atoms with van der Waals surface area (Å²) >= 11 is 0. The van der Waals surface area contributed by atoms with Crippen molar-refractivity contribution in [1.82, 2.24) is 0 Å². The zero-order valence-electron chi connectivity index (χ0n) is 6.45. The lowest BCUT2D eigenvalue weighted by atomic mass is 10.1. The lowest BCUT2D eigenvalue weighted by Crippen LogP contribution is -2.32. The maximum Gasteiger partial charge on any atom is 0.374 e. The average Bonchev–Trinajstić information content (AvgIpc) is 2.12. The number of carbonyl (C=O) groups is 1. The third kappa shape index (κ3) is 2.90. The lowest BCUT2D eigenvalue weighted by molar-refractivity contribution is -0.136. The van der Waals surface area contributed by atoms with Crippen LogP contribution in [0, 0.1) is 0 Å². The number of aliphatic carboxylic acids is 1. The lowest BCUT2D eigenvalue weighted by Gasteiger charge is -2.14. The molecule has 0 rings (SSSR count). The number of hydrogen-bond acceptors (Lipinski definition) is 6. The highest BCUT2D eigenvalue weighted by Crippen LogP contribution is 2.07. The third-order valence-corrected chi connectivity index (χ3v) is 1.28. The molecule has 0 aliphatic rings. The summed E-state index contributed by atoms with van der Waals surface area (Å²) in [5.74, 6) is -4.62. The fraction of sp³-hybridized carbons (Fsp3) is 0.500. The minimum atomic E-state index is -2.03. The van der Waals surface area contributed by atoms with Crippen molar-refractivity contribution in [3.8, 4) is 0 Å². The first-order valence-corrected chi connectivity index (χ1v) is 3.24. The molecule has 0 aromatic carbocycles. The number of hydrogen-bond donors (Lipinski definition) is 6. The molecule has 7 heteroatoms. The van der Waals surface area contributed by atoms with Gasteiger partial charge in [-0.3, -0.25) is 0 Å². The van der Waals surface area contributed by atoms with Crippen LogP contribution in [0.2, 0.25) is 0 Å². The molecular weight excluding hydrogens is 184 g/mol. The van der Waals surface area contributed by atoms with Gasteiger partial charge in [0.25, 0.3) is 0 Å². The molecule has 0 fully saturated rings. The van der Waals surface area contributed by atoms with Crippen LogP contribution in [0.1, 0.15) is 0 Å². The van der Waals surface area contributed by atoms with Gasteiger partial charge in [-0.1, -0.05) is 0 Å². The number of carboxylic acids is 1. The fourth-order valence-corrected chi connectivity index (χ4v) is 0.532. The summed E-state index contributed by atoms with van der Waals surface area (Å²) in [4.78, 5) is 10.0. The van der Waals surface area contributed by atoms with Gasteiger partial charge in [0.2, 0.25) is 5.76 Å². The molecule has 0 aromatic rings. The Morgan fingerprint density at radius 1 is 1.15 bits per heavy atom. The highest BCUT2D eigenvalue weighted by atomic mass is 16.4. The van der Waals surface area contributed by atoms with Crippen molar-refractivity contribution in [2.75, 3.05) is 6.61 Å². The van der Waals surface area contributed by atoms with Crippen molar-refractivity contribution in [2.45, 2.75) is 12.2 Å².